The van der Waals surface area contributed by atoms with Crippen LogP contribution in [0.2, 0.25) is 0 Å². The first-order chi connectivity index (χ1) is 9.83. The summed E-state index contributed by atoms with van der Waals surface area (Å²) < 4.78 is 0. The summed E-state index contributed by atoms with van der Waals surface area (Å²) in [6, 6.07) is 5.99. The van der Waals surface area contributed by atoms with E-state index < -0.39 is 0 Å². The Morgan fingerprint density at radius 1 is 1.30 bits per heavy atom. The molecule has 20 heavy (non-hydrogen) atoms. The van der Waals surface area contributed by atoms with Crippen LogP contribution in [0.3, 0.4) is 0 Å². The summed E-state index contributed by atoms with van der Waals surface area (Å²) in [5.41, 5.74) is 3.50. The molecule has 2 heterocycles. The van der Waals surface area contributed by atoms with E-state index in [0.29, 0.717) is 31.1 Å². The van der Waals surface area contributed by atoms with Gasteiger partial charge in [-0.25, -0.2) is 10.8 Å². The number of nitrogens with zero attached hydrogens (tertiary/aromatic N) is 5. The minimum Gasteiger partial charge on any atom is -0.350 e. The fourth-order valence-electron chi connectivity index (χ4n) is 1.75. The zero-order chi connectivity index (χ0) is 14.2. The Morgan fingerprint density at radius 3 is 2.90 bits per heavy atom. The molecule has 0 saturated heterocycles. The van der Waals surface area contributed by atoms with Gasteiger partial charge in [0.1, 0.15) is 5.82 Å². The molecule has 2 aromatic heterocycles. The number of hydrogen-bond acceptors (Lipinski definition) is 7. The van der Waals surface area contributed by atoms with Gasteiger partial charge < -0.3 is 10.3 Å². The van der Waals surface area contributed by atoms with E-state index >= 15 is 0 Å². The first kappa shape index (κ1) is 13.7. The van der Waals surface area contributed by atoms with E-state index in [4.69, 9.17) is 11.1 Å². The summed E-state index contributed by atoms with van der Waals surface area (Å²) in [6.07, 6.45) is 7.10. The lowest BCUT2D eigenvalue weighted by Crippen LogP contribution is -2.25. The minimum atomic E-state index is 0.405. The second-order valence-corrected chi connectivity index (χ2v) is 4.10. The van der Waals surface area contributed by atoms with Crippen LogP contribution >= 0.6 is 0 Å². The Hall–Kier alpha value is -2.72. The van der Waals surface area contributed by atoms with Gasteiger partial charge in [-0.3, -0.25) is 9.97 Å². The van der Waals surface area contributed by atoms with Crippen molar-refractivity contribution in [1.82, 2.24) is 15.0 Å². The predicted molar refractivity (Wildman–Crippen MR) is 75.4 cm³/mol. The van der Waals surface area contributed by atoms with Crippen LogP contribution in [0.25, 0.3) is 0 Å². The molecule has 0 amide bonds. The Morgan fingerprint density at radius 2 is 2.20 bits per heavy atom. The zero-order valence-electron chi connectivity index (χ0n) is 10.9. The molecule has 0 bridgehead atoms. The molecule has 0 fully saturated rings. The Bertz CT molecular complexity index is 579. The summed E-state index contributed by atoms with van der Waals surface area (Å²) in [4.78, 5) is 14.5. The van der Waals surface area contributed by atoms with E-state index in [0.717, 1.165) is 5.56 Å². The van der Waals surface area contributed by atoms with Gasteiger partial charge in [0.25, 0.3) is 0 Å². The molecule has 3 N–H and O–H groups in total. The number of nitrogen functional groups attached to an aromatic ring is 1. The Labute approximate surface area is 117 Å². The molecule has 2 rings (SSSR count). The number of pyridine rings is 1. The van der Waals surface area contributed by atoms with Crippen LogP contribution in [0.1, 0.15) is 12.0 Å². The van der Waals surface area contributed by atoms with Crippen molar-refractivity contribution in [3.63, 3.8) is 0 Å². The van der Waals surface area contributed by atoms with Gasteiger partial charge in [0.05, 0.1) is 24.9 Å². The minimum absolute atomic E-state index is 0.405. The van der Waals surface area contributed by atoms with Crippen LogP contribution in [-0.4, -0.2) is 21.5 Å². The fourth-order valence-corrected chi connectivity index (χ4v) is 1.75. The van der Waals surface area contributed by atoms with Crippen molar-refractivity contribution in [2.24, 2.45) is 5.84 Å². The maximum absolute atomic E-state index is 8.77. The van der Waals surface area contributed by atoms with Crippen LogP contribution in [0.15, 0.2) is 36.9 Å². The molecular formula is C13H15N7. The van der Waals surface area contributed by atoms with Crippen molar-refractivity contribution < 1.29 is 0 Å². The van der Waals surface area contributed by atoms with Gasteiger partial charge in [-0.15, -0.1) is 0 Å². The fraction of sp³-hybridized carbons (Fsp3) is 0.231. The van der Waals surface area contributed by atoms with Gasteiger partial charge in [-0.1, -0.05) is 6.07 Å². The maximum atomic E-state index is 8.77. The average Bonchev–Trinajstić information content (AvgIpc) is 2.52. The van der Waals surface area contributed by atoms with E-state index in [1.54, 1.807) is 18.6 Å². The van der Waals surface area contributed by atoms with Gasteiger partial charge >= 0.3 is 0 Å². The van der Waals surface area contributed by atoms with Gasteiger partial charge in [-0.2, -0.15) is 5.26 Å². The van der Waals surface area contributed by atoms with Crippen LogP contribution in [0.4, 0.5) is 11.6 Å². The number of hydrogen-bond donors (Lipinski definition) is 2. The van der Waals surface area contributed by atoms with E-state index in [-0.39, 0.29) is 0 Å². The first-order valence-corrected chi connectivity index (χ1v) is 6.13. The number of nitriles is 1. The number of nitrogens with two attached hydrogens (primary N) is 1. The lowest BCUT2D eigenvalue weighted by molar-refractivity contribution is 0.777. The van der Waals surface area contributed by atoms with E-state index in [2.05, 4.69) is 26.4 Å². The normalized spacial score (nSPS) is 9.80. The molecule has 7 nitrogen and oxygen atoms in total. The van der Waals surface area contributed by atoms with Gasteiger partial charge in [0.2, 0.25) is 0 Å². The van der Waals surface area contributed by atoms with Crippen molar-refractivity contribution in [3.8, 4) is 6.07 Å². The van der Waals surface area contributed by atoms with E-state index in [1.807, 2.05) is 17.0 Å². The third-order valence-corrected chi connectivity index (χ3v) is 2.68. The monoisotopic (exact) mass is 269 g/mol. The first-order valence-electron chi connectivity index (χ1n) is 6.13. The standard InChI is InChI=1S/C13H15N7/c14-4-2-6-20(10-11-3-1-5-16-7-11)13-9-17-8-12(18-13)19-15/h1,3,5,7-9H,2,6,10,15H2,(H,18,19). The molecule has 0 aliphatic heterocycles. The second kappa shape index (κ2) is 7.01. The van der Waals surface area contributed by atoms with E-state index in [9.17, 15) is 0 Å². The number of hydrazine groups is 1. The molecule has 0 unspecified atom stereocenters. The summed E-state index contributed by atoms with van der Waals surface area (Å²) in [6.45, 7) is 1.17. The summed E-state index contributed by atoms with van der Waals surface area (Å²) in [5, 5.41) is 8.77. The number of anilines is 2. The highest BCUT2D eigenvalue weighted by molar-refractivity contribution is 5.43. The van der Waals surface area contributed by atoms with Gasteiger partial charge in [-0.05, 0) is 11.6 Å². The van der Waals surface area contributed by atoms with Gasteiger partial charge in [0.15, 0.2) is 5.82 Å². The Kier molecular flexibility index (Phi) is 4.81. The average molecular weight is 269 g/mol. The molecule has 0 spiro atoms. The number of aromatic nitrogens is 3. The van der Waals surface area contributed by atoms with Gasteiger partial charge in [0, 0.05) is 25.5 Å². The largest absolute Gasteiger partial charge is 0.350 e. The van der Waals surface area contributed by atoms with Crippen molar-refractivity contribution in [1.29, 1.82) is 5.26 Å². The molecule has 0 aliphatic rings. The third kappa shape index (κ3) is 3.63. The summed E-state index contributed by atoms with van der Waals surface area (Å²) >= 11 is 0. The predicted octanol–water partition coefficient (Wildman–Crippen LogP) is 1.08. The summed E-state index contributed by atoms with van der Waals surface area (Å²) in [7, 11) is 0. The van der Waals surface area contributed by atoms with Crippen molar-refractivity contribution in [2.75, 3.05) is 16.9 Å². The highest BCUT2D eigenvalue weighted by atomic mass is 15.3. The quantitative estimate of drug-likeness (QED) is 0.597. The molecule has 0 aliphatic carbocycles. The summed E-state index contributed by atoms with van der Waals surface area (Å²) in [5.74, 6) is 6.49. The van der Waals surface area contributed by atoms with Crippen LogP contribution in [0.5, 0.6) is 0 Å². The maximum Gasteiger partial charge on any atom is 0.160 e. The van der Waals surface area contributed by atoms with Crippen LogP contribution in [0, 0.1) is 11.3 Å². The lowest BCUT2D eigenvalue weighted by Gasteiger charge is -2.22. The molecule has 102 valence electrons. The second-order valence-electron chi connectivity index (χ2n) is 4.10. The van der Waals surface area contributed by atoms with Crippen LogP contribution in [-0.2, 0) is 6.54 Å². The zero-order valence-corrected chi connectivity index (χ0v) is 10.9. The SMILES string of the molecule is N#CCCN(Cc1cccnc1)c1cncc(NN)n1. The number of rotatable bonds is 6. The smallest absolute Gasteiger partial charge is 0.160 e. The van der Waals surface area contributed by atoms with Crippen molar-refractivity contribution in [2.45, 2.75) is 13.0 Å². The van der Waals surface area contributed by atoms with E-state index in [1.165, 1.54) is 6.20 Å². The Balaban J connectivity index is 2.20. The topological polar surface area (TPSA) is 104 Å². The van der Waals surface area contributed by atoms with Crippen LogP contribution < -0.4 is 16.2 Å². The lowest BCUT2D eigenvalue weighted by atomic mass is 10.2. The molecule has 0 saturated carbocycles. The highest BCUT2D eigenvalue weighted by Gasteiger charge is 2.10. The molecule has 2 aromatic rings. The van der Waals surface area contributed by atoms with Crippen molar-refractivity contribution in [3.05, 3.63) is 42.5 Å². The number of nitrogens with one attached hydrogen (secondary N) is 1. The molecule has 0 radical (unpaired) electrons. The molecule has 7 heteroatoms. The molecule has 0 atom stereocenters. The highest BCUT2D eigenvalue weighted by Crippen LogP contribution is 2.15. The molecule has 0 aromatic carbocycles. The molecular weight excluding hydrogens is 254 g/mol. The third-order valence-electron chi connectivity index (χ3n) is 2.68. The van der Waals surface area contributed by atoms with Crippen molar-refractivity contribution >= 4 is 11.6 Å².